The van der Waals surface area contributed by atoms with Crippen molar-refractivity contribution < 1.29 is 4.39 Å². The first-order chi connectivity index (χ1) is 5.83. The number of halogens is 2. The van der Waals surface area contributed by atoms with Gasteiger partial charge in [0.1, 0.15) is 5.82 Å². The fraction of sp³-hybridized carbons (Fsp3) is 0.200. The molecule has 0 heterocycles. The summed E-state index contributed by atoms with van der Waals surface area (Å²) in [5.41, 5.74) is 0.875. The van der Waals surface area contributed by atoms with Gasteiger partial charge in [-0.15, -0.1) is 11.6 Å². The van der Waals surface area contributed by atoms with Gasteiger partial charge in [0, 0.05) is 5.88 Å². The Morgan fingerprint density at radius 3 is 2.92 bits per heavy atom. The van der Waals surface area contributed by atoms with Crippen LogP contribution >= 0.6 is 11.6 Å². The molecule has 0 fully saturated rings. The van der Waals surface area contributed by atoms with Crippen LogP contribution in [0.4, 0.5) is 4.39 Å². The molecule has 12 heavy (non-hydrogen) atoms. The second kappa shape index (κ2) is 4.94. The van der Waals surface area contributed by atoms with Crippen LogP contribution in [-0.2, 0) is 0 Å². The third kappa shape index (κ3) is 3.05. The van der Waals surface area contributed by atoms with Crippen molar-refractivity contribution in [1.82, 2.24) is 0 Å². The summed E-state index contributed by atoms with van der Waals surface area (Å²) in [7, 11) is 0. The van der Waals surface area contributed by atoms with Gasteiger partial charge in [0.15, 0.2) is 0 Å². The van der Waals surface area contributed by atoms with Crippen molar-refractivity contribution in [3.05, 3.63) is 41.7 Å². The number of benzene rings is 1. The Bertz CT molecular complexity index is 268. The van der Waals surface area contributed by atoms with Gasteiger partial charge in [-0.2, -0.15) is 0 Å². The van der Waals surface area contributed by atoms with Gasteiger partial charge < -0.3 is 0 Å². The van der Waals surface area contributed by atoms with E-state index in [9.17, 15) is 4.39 Å². The van der Waals surface area contributed by atoms with Crippen LogP contribution in [-0.4, -0.2) is 5.88 Å². The van der Waals surface area contributed by atoms with Gasteiger partial charge in [-0.05, 0) is 24.1 Å². The second-order valence-electron chi connectivity index (χ2n) is 2.44. The Morgan fingerprint density at radius 1 is 1.42 bits per heavy atom. The normalized spacial score (nSPS) is 10.8. The van der Waals surface area contributed by atoms with E-state index >= 15 is 0 Å². The maximum absolute atomic E-state index is 12.6. The third-order valence-electron chi connectivity index (χ3n) is 1.43. The standard InChI is InChI=1S/C10H10ClF/c11-7-2-1-4-9-5-3-6-10(12)8-9/h1,3-6,8H,2,7H2. The van der Waals surface area contributed by atoms with Crippen LogP contribution < -0.4 is 0 Å². The van der Waals surface area contributed by atoms with Crippen LogP contribution in [0.1, 0.15) is 12.0 Å². The van der Waals surface area contributed by atoms with Crippen molar-refractivity contribution in [1.29, 1.82) is 0 Å². The van der Waals surface area contributed by atoms with E-state index < -0.39 is 0 Å². The van der Waals surface area contributed by atoms with Crippen molar-refractivity contribution >= 4 is 17.7 Å². The van der Waals surface area contributed by atoms with Crippen molar-refractivity contribution in [2.75, 3.05) is 5.88 Å². The summed E-state index contributed by atoms with van der Waals surface area (Å²) >= 11 is 5.47. The number of alkyl halides is 1. The van der Waals surface area contributed by atoms with E-state index in [1.165, 1.54) is 12.1 Å². The van der Waals surface area contributed by atoms with E-state index in [0.717, 1.165) is 12.0 Å². The zero-order valence-electron chi connectivity index (χ0n) is 6.63. The largest absolute Gasteiger partial charge is 0.207 e. The molecule has 0 nitrogen and oxygen atoms in total. The monoisotopic (exact) mass is 184 g/mol. The number of rotatable bonds is 3. The molecule has 1 rings (SSSR count). The molecule has 2 heteroatoms. The van der Waals surface area contributed by atoms with Gasteiger partial charge in [0.05, 0.1) is 0 Å². The first kappa shape index (κ1) is 9.27. The van der Waals surface area contributed by atoms with Gasteiger partial charge >= 0.3 is 0 Å². The molecule has 0 aliphatic carbocycles. The van der Waals surface area contributed by atoms with E-state index in [4.69, 9.17) is 11.6 Å². The minimum atomic E-state index is -0.206. The highest BCUT2D eigenvalue weighted by Crippen LogP contribution is 2.05. The van der Waals surface area contributed by atoms with Crippen LogP contribution in [0.15, 0.2) is 30.3 Å². The molecule has 0 aliphatic rings. The number of hydrogen-bond donors (Lipinski definition) is 0. The Morgan fingerprint density at radius 2 is 2.25 bits per heavy atom. The average Bonchev–Trinajstić information content (AvgIpc) is 2.05. The molecular formula is C10H10ClF. The predicted octanol–water partition coefficient (Wildman–Crippen LogP) is 3.47. The first-order valence-corrected chi connectivity index (χ1v) is 4.34. The Kier molecular flexibility index (Phi) is 3.81. The molecule has 0 spiro atoms. The molecule has 1 aromatic carbocycles. The van der Waals surface area contributed by atoms with Gasteiger partial charge in [0.2, 0.25) is 0 Å². The molecule has 0 radical (unpaired) electrons. The maximum atomic E-state index is 12.6. The van der Waals surface area contributed by atoms with Crippen LogP contribution in [0.25, 0.3) is 6.08 Å². The van der Waals surface area contributed by atoms with Crippen LogP contribution in [0, 0.1) is 5.82 Å². The topological polar surface area (TPSA) is 0 Å². The van der Waals surface area contributed by atoms with Gasteiger partial charge in [-0.1, -0.05) is 24.3 Å². The Balaban J connectivity index is 2.63. The Labute approximate surface area is 76.7 Å². The van der Waals surface area contributed by atoms with Gasteiger partial charge in [0.25, 0.3) is 0 Å². The lowest BCUT2D eigenvalue weighted by Crippen LogP contribution is -1.75. The minimum Gasteiger partial charge on any atom is -0.207 e. The molecule has 0 aliphatic heterocycles. The summed E-state index contributed by atoms with van der Waals surface area (Å²) < 4.78 is 12.6. The van der Waals surface area contributed by atoms with E-state index in [1.54, 1.807) is 6.07 Å². The smallest absolute Gasteiger partial charge is 0.123 e. The summed E-state index contributed by atoms with van der Waals surface area (Å²) in [6, 6.07) is 6.47. The highest BCUT2D eigenvalue weighted by molar-refractivity contribution is 6.17. The van der Waals surface area contributed by atoms with Gasteiger partial charge in [-0.3, -0.25) is 0 Å². The summed E-state index contributed by atoms with van der Waals surface area (Å²) in [5.74, 6) is 0.397. The quantitative estimate of drug-likeness (QED) is 0.631. The van der Waals surface area contributed by atoms with Crippen molar-refractivity contribution in [3.63, 3.8) is 0 Å². The highest BCUT2D eigenvalue weighted by atomic mass is 35.5. The van der Waals surface area contributed by atoms with Crippen LogP contribution in [0.5, 0.6) is 0 Å². The second-order valence-corrected chi connectivity index (χ2v) is 2.81. The summed E-state index contributed by atoms with van der Waals surface area (Å²) in [6.07, 6.45) is 4.62. The molecule has 1 aromatic rings. The zero-order valence-corrected chi connectivity index (χ0v) is 7.39. The summed E-state index contributed by atoms with van der Waals surface area (Å²) in [4.78, 5) is 0. The molecule has 0 unspecified atom stereocenters. The molecular weight excluding hydrogens is 175 g/mol. The average molecular weight is 185 g/mol. The summed E-state index contributed by atoms with van der Waals surface area (Å²) in [6.45, 7) is 0. The predicted molar refractivity (Wildman–Crippen MR) is 50.8 cm³/mol. The molecule has 0 bridgehead atoms. The zero-order chi connectivity index (χ0) is 8.81. The SMILES string of the molecule is Fc1cccc(C=CCCCl)c1. The maximum Gasteiger partial charge on any atom is 0.123 e. The molecule has 64 valence electrons. The van der Waals surface area contributed by atoms with Crippen molar-refractivity contribution in [2.24, 2.45) is 0 Å². The van der Waals surface area contributed by atoms with E-state index in [-0.39, 0.29) is 5.82 Å². The van der Waals surface area contributed by atoms with E-state index in [0.29, 0.717) is 5.88 Å². The van der Waals surface area contributed by atoms with E-state index in [1.807, 2.05) is 18.2 Å². The van der Waals surface area contributed by atoms with Gasteiger partial charge in [-0.25, -0.2) is 4.39 Å². The van der Waals surface area contributed by atoms with Crippen LogP contribution in [0.2, 0.25) is 0 Å². The number of allylic oxidation sites excluding steroid dienone is 1. The third-order valence-corrected chi connectivity index (χ3v) is 1.65. The Hall–Kier alpha value is -0.820. The lowest BCUT2D eigenvalue weighted by molar-refractivity contribution is 0.627. The summed E-state index contributed by atoms with van der Waals surface area (Å²) in [5, 5.41) is 0. The van der Waals surface area contributed by atoms with Crippen molar-refractivity contribution in [3.8, 4) is 0 Å². The van der Waals surface area contributed by atoms with Crippen LogP contribution in [0.3, 0.4) is 0 Å². The molecule has 0 amide bonds. The minimum absolute atomic E-state index is 0.206. The molecule has 0 atom stereocenters. The van der Waals surface area contributed by atoms with E-state index in [2.05, 4.69) is 0 Å². The fourth-order valence-electron chi connectivity index (χ4n) is 0.893. The highest BCUT2D eigenvalue weighted by Gasteiger charge is 1.88. The molecule has 0 saturated heterocycles. The lowest BCUT2D eigenvalue weighted by atomic mass is 10.2. The molecule has 0 saturated carbocycles. The molecule has 0 N–H and O–H groups in total. The van der Waals surface area contributed by atoms with Crippen molar-refractivity contribution in [2.45, 2.75) is 6.42 Å². The number of hydrogen-bond acceptors (Lipinski definition) is 0. The molecule has 0 aromatic heterocycles. The fourth-order valence-corrected chi connectivity index (χ4v) is 1.02. The first-order valence-electron chi connectivity index (χ1n) is 3.81. The lowest BCUT2D eigenvalue weighted by Gasteiger charge is -1.92.